The molecule has 1 unspecified atom stereocenters. The predicted octanol–water partition coefficient (Wildman–Crippen LogP) is 3.22. The van der Waals surface area contributed by atoms with E-state index in [-0.39, 0.29) is 11.8 Å². The van der Waals surface area contributed by atoms with Crippen LogP contribution in [0.25, 0.3) is 10.9 Å². The minimum atomic E-state index is -0.0494. The number of aromatic amines is 1. The van der Waals surface area contributed by atoms with E-state index in [0.29, 0.717) is 12.2 Å². The van der Waals surface area contributed by atoms with Gasteiger partial charge in [-0.2, -0.15) is 5.10 Å². The molecule has 6 nitrogen and oxygen atoms in total. The molecule has 4 rings (SSSR count). The quantitative estimate of drug-likeness (QED) is 0.777. The Labute approximate surface area is 138 Å². The SMILES string of the molecule is CC1CC(=O)NN=C1c1c[nH]c2ccc(Oc3cccnc3)cc12. The molecule has 120 valence electrons. The van der Waals surface area contributed by atoms with Gasteiger partial charge in [0, 0.05) is 41.2 Å². The standard InChI is InChI=1S/C18H16N4O2/c1-11-7-17(23)21-22-18(11)15-10-20-16-5-4-12(8-14(15)16)24-13-3-2-6-19-9-13/h2-6,8-11,20H,7H2,1H3,(H,21,23). The van der Waals surface area contributed by atoms with Crippen molar-refractivity contribution in [3.05, 3.63) is 54.5 Å². The number of aromatic nitrogens is 2. The summed E-state index contributed by atoms with van der Waals surface area (Å²) in [4.78, 5) is 18.8. The molecule has 1 atom stereocenters. The van der Waals surface area contributed by atoms with Crippen LogP contribution in [-0.4, -0.2) is 21.6 Å². The smallest absolute Gasteiger partial charge is 0.240 e. The van der Waals surface area contributed by atoms with Gasteiger partial charge < -0.3 is 9.72 Å². The molecule has 1 aliphatic heterocycles. The van der Waals surface area contributed by atoms with E-state index >= 15 is 0 Å². The summed E-state index contributed by atoms with van der Waals surface area (Å²) in [5.41, 5.74) is 5.42. The van der Waals surface area contributed by atoms with Crippen LogP contribution in [0.15, 0.2) is 54.0 Å². The van der Waals surface area contributed by atoms with Crippen molar-refractivity contribution in [3.63, 3.8) is 0 Å². The number of hydrazone groups is 1. The Morgan fingerprint density at radius 2 is 2.17 bits per heavy atom. The Balaban J connectivity index is 1.73. The fraction of sp³-hybridized carbons (Fsp3) is 0.167. The van der Waals surface area contributed by atoms with Gasteiger partial charge in [-0.3, -0.25) is 9.78 Å². The highest BCUT2D eigenvalue weighted by Gasteiger charge is 2.23. The second kappa shape index (κ2) is 5.81. The Kier molecular flexibility index (Phi) is 3.49. The third-order valence-electron chi connectivity index (χ3n) is 4.06. The number of rotatable bonds is 3. The molecule has 1 aliphatic rings. The second-order valence-corrected chi connectivity index (χ2v) is 5.84. The molecule has 2 N–H and O–H groups in total. The number of nitrogens with one attached hydrogen (secondary N) is 2. The molecule has 3 aromatic rings. The van der Waals surface area contributed by atoms with Crippen LogP contribution in [0.5, 0.6) is 11.5 Å². The van der Waals surface area contributed by atoms with Gasteiger partial charge in [0.2, 0.25) is 5.91 Å². The first-order valence-electron chi connectivity index (χ1n) is 7.76. The molecule has 0 spiro atoms. The van der Waals surface area contributed by atoms with Gasteiger partial charge in [0.15, 0.2) is 0 Å². The van der Waals surface area contributed by atoms with Gasteiger partial charge in [-0.1, -0.05) is 6.92 Å². The van der Waals surface area contributed by atoms with Gasteiger partial charge in [0.25, 0.3) is 0 Å². The van der Waals surface area contributed by atoms with Gasteiger partial charge in [-0.25, -0.2) is 5.43 Å². The van der Waals surface area contributed by atoms with Crippen LogP contribution in [0.2, 0.25) is 0 Å². The number of amides is 1. The van der Waals surface area contributed by atoms with Crippen LogP contribution in [-0.2, 0) is 4.79 Å². The zero-order valence-corrected chi connectivity index (χ0v) is 13.1. The first-order valence-corrected chi connectivity index (χ1v) is 7.76. The molecule has 0 aliphatic carbocycles. The van der Waals surface area contributed by atoms with Crippen molar-refractivity contribution in [1.29, 1.82) is 0 Å². The van der Waals surface area contributed by atoms with Gasteiger partial charge >= 0.3 is 0 Å². The second-order valence-electron chi connectivity index (χ2n) is 5.84. The number of benzene rings is 1. The predicted molar refractivity (Wildman–Crippen MR) is 91.1 cm³/mol. The molecule has 0 saturated heterocycles. The van der Waals surface area contributed by atoms with Crippen LogP contribution in [0.3, 0.4) is 0 Å². The largest absolute Gasteiger partial charge is 0.456 e. The maximum absolute atomic E-state index is 11.5. The molecule has 0 fully saturated rings. The molecule has 3 heterocycles. The van der Waals surface area contributed by atoms with E-state index in [1.807, 2.05) is 43.5 Å². The van der Waals surface area contributed by atoms with Crippen LogP contribution >= 0.6 is 0 Å². The lowest BCUT2D eigenvalue weighted by Gasteiger charge is -2.18. The first-order chi connectivity index (χ1) is 11.7. The molecule has 1 amide bonds. The summed E-state index contributed by atoms with van der Waals surface area (Å²) >= 11 is 0. The van der Waals surface area contributed by atoms with Crippen molar-refractivity contribution in [2.45, 2.75) is 13.3 Å². The summed E-state index contributed by atoms with van der Waals surface area (Å²) in [5.74, 6) is 1.43. The monoisotopic (exact) mass is 320 g/mol. The lowest BCUT2D eigenvalue weighted by Crippen LogP contribution is -2.31. The fourth-order valence-corrected chi connectivity index (χ4v) is 2.90. The summed E-state index contributed by atoms with van der Waals surface area (Å²) in [5, 5.41) is 5.26. The number of carbonyl (C=O) groups is 1. The molecule has 2 aromatic heterocycles. The van der Waals surface area contributed by atoms with E-state index in [2.05, 4.69) is 20.5 Å². The maximum atomic E-state index is 11.5. The average molecular weight is 320 g/mol. The molecule has 24 heavy (non-hydrogen) atoms. The number of carbonyl (C=O) groups excluding carboxylic acids is 1. The molecular formula is C18H16N4O2. The van der Waals surface area contributed by atoms with Gasteiger partial charge in [-0.15, -0.1) is 0 Å². The molecule has 6 heteroatoms. The number of H-pyrrole nitrogens is 1. The highest BCUT2D eigenvalue weighted by atomic mass is 16.5. The molecule has 0 bridgehead atoms. The third-order valence-corrected chi connectivity index (χ3v) is 4.06. The van der Waals surface area contributed by atoms with Crippen molar-refractivity contribution in [2.75, 3.05) is 0 Å². The van der Waals surface area contributed by atoms with E-state index in [1.165, 1.54) is 0 Å². The number of ether oxygens (including phenoxy) is 1. The summed E-state index contributed by atoms with van der Waals surface area (Å²) in [6, 6.07) is 9.54. The number of fused-ring (bicyclic) bond motifs is 1. The highest BCUT2D eigenvalue weighted by Crippen LogP contribution is 2.29. The maximum Gasteiger partial charge on any atom is 0.240 e. The van der Waals surface area contributed by atoms with Crippen molar-refractivity contribution >= 4 is 22.5 Å². The van der Waals surface area contributed by atoms with Crippen LogP contribution in [0.4, 0.5) is 0 Å². The topological polar surface area (TPSA) is 79.4 Å². The van der Waals surface area contributed by atoms with Crippen LogP contribution in [0.1, 0.15) is 18.9 Å². The van der Waals surface area contributed by atoms with Crippen molar-refractivity contribution in [2.24, 2.45) is 11.0 Å². The molecule has 0 saturated carbocycles. The average Bonchev–Trinajstić information content (AvgIpc) is 2.99. The summed E-state index contributed by atoms with van der Waals surface area (Å²) in [6.45, 7) is 2.01. The van der Waals surface area contributed by atoms with Gasteiger partial charge in [0.1, 0.15) is 11.5 Å². The molecule has 0 radical (unpaired) electrons. The van der Waals surface area contributed by atoms with E-state index in [9.17, 15) is 4.79 Å². The van der Waals surface area contributed by atoms with Crippen molar-refractivity contribution < 1.29 is 9.53 Å². The summed E-state index contributed by atoms with van der Waals surface area (Å²) in [7, 11) is 0. The lowest BCUT2D eigenvalue weighted by atomic mass is 9.94. The summed E-state index contributed by atoms with van der Waals surface area (Å²) < 4.78 is 5.86. The fourth-order valence-electron chi connectivity index (χ4n) is 2.90. The van der Waals surface area contributed by atoms with E-state index < -0.39 is 0 Å². The van der Waals surface area contributed by atoms with E-state index in [1.54, 1.807) is 12.4 Å². The van der Waals surface area contributed by atoms with Gasteiger partial charge in [0.05, 0.1) is 11.9 Å². The highest BCUT2D eigenvalue weighted by molar-refractivity contribution is 6.13. The minimum absolute atomic E-state index is 0.0494. The summed E-state index contributed by atoms with van der Waals surface area (Å²) in [6.07, 6.45) is 5.74. The molecule has 1 aromatic carbocycles. The zero-order valence-electron chi connectivity index (χ0n) is 13.1. The van der Waals surface area contributed by atoms with Crippen LogP contribution < -0.4 is 10.2 Å². The third kappa shape index (κ3) is 2.62. The van der Waals surface area contributed by atoms with E-state index in [4.69, 9.17) is 4.74 Å². The normalized spacial score (nSPS) is 17.5. The number of nitrogens with zero attached hydrogens (tertiary/aromatic N) is 2. The minimum Gasteiger partial charge on any atom is -0.456 e. The lowest BCUT2D eigenvalue weighted by molar-refractivity contribution is -0.121. The van der Waals surface area contributed by atoms with Gasteiger partial charge in [-0.05, 0) is 30.3 Å². The number of hydrogen-bond acceptors (Lipinski definition) is 4. The van der Waals surface area contributed by atoms with Crippen molar-refractivity contribution in [3.8, 4) is 11.5 Å². The number of pyridine rings is 1. The van der Waals surface area contributed by atoms with Crippen LogP contribution in [0, 0.1) is 5.92 Å². The Bertz CT molecular complexity index is 931. The first kappa shape index (κ1) is 14.4. The zero-order chi connectivity index (χ0) is 16.5. The Morgan fingerprint density at radius 1 is 1.25 bits per heavy atom. The Hall–Kier alpha value is -3.15. The Morgan fingerprint density at radius 3 is 2.96 bits per heavy atom. The molecular weight excluding hydrogens is 304 g/mol. The van der Waals surface area contributed by atoms with Crippen molar-refractivity contribution in [1.82, 2.24) is 15.4 Å². The number of hydrogen-bond donors (Lipinski definition) is 2. The van der Waals surface area contributed by atoms with E-state index in [0.717, 1.165) is 27.9 Å².